The minimum Gasteiger partial charge on any atom is -0.229 e. The van der Waals surface area contributed by atoms with Crippen LogP contribution in [0, 0.1) is 0 Å². The quantitative estimate of drug-likeness (QED) is 0.144. The van der Waals surface area contributed by atoms with Crippen LogP contribution in [0.4, 0.5) is 0 Å². The molecule has 1 aliphatic heterocycles. The minimum atomic E-state index is 0.604. The summed E-state index contributed by atoms with van der Waals surface area (Å²) in [5.41, 5.74) is 16.5. The van der Waals surface area contributed by atoms with E-state index >= 15 is 0 Å². The number of hydrogen-bond donors (Lipinski definition) is 0. The summed E-state index contributed by atoms with van der Waals surface area (Å²) in [5.74, 6) is 2.53. The summed E-state index contributed by atoms with van der Waals surface area (Å²) in [6.45, 7) is 0. The summed E-state index contributed by atoms with van der Waals surface area (Å²) in [4.78, 5) is 25.8. The SMILES string of the molecule is [B]1c2cccc(-c3cccc(-c4nc(-c5ccccc5)nc(-c5ccc(-c6ccccc6)cc5)n4)c3)c2-c2nc(-c3ccc(-c4ccccc4)cc3)nc(-c3ccccc3)c21. The van der Waals surface area contributed by atoms with Crippen molar-refractivity contribution in [1.82, 2.24) is 24.9 Å². The molecule has 0 saturated heterocycles. The fourth-order valence-electron chi connectivity index (χ4n) is 8.15. The van der Waals surface area contributed by atoms with Crippen molar-refractivity contribution in [3.8, 4) is 101 Å². The van der Waals surface area contributed by atoms with Gasteiger partial charge in [-0.2, -0.15) is 0 Å². The monoisotopic (exact) mass is 776 g/mol. The molecule has 1 radical (unpaired) electrons. The zero-order valence-electron chi connectivity index (χ0n) is 33.0. The van der Waals surface area contributed by atoms with Gasteiger partial charge in [-0.05, 0) is 50.5 Å². The number of rotatable bonds is 8. The molecule has 8 aromatic carbocycles. The Labute approximate surface area is 355 Å². The van der Waals surface area contributed by atoms with Crippen LogP contribution >= 0.6 is 0 Å². The molecule has 0 unspecified atom stereocenters. The Bertz CT molecular complexity index is 3180. The van der Waals surface area contributed by atoms with Crippen molar-refractivity contribution in [1.29, 1.82) is 0 Å². The second kappa shape index (κ2) is 15.6. The third-order valence-corrected chi connectivity index (χ3v) is 11.2. The number of nitrogens with zero attached hydrogens (tertiary/aromatic N) is 5. The number of fused-ring (bicyclic) bond motifs is 3. The number of aromatic nitrogens is 5. The maximum Gasteiger partial charge on any atom is 0.198 e. The fourth-order valence-corrected chi connectivity index (χ4v) is 8.15. The maximum absolute atomic E-state index is 5.36. The summed E-state index contributed by atoms with van der Waals surface area (Å²) < 4.78 is 0. The molecule has 3 heterocycles. The highest BCUT2D eigenvalue weighted by molar-refractivity contribution is 6.74. The highest BCUT2D eigenvalue weighted by Crippen LogP contribution is 2.37. The van der Waals surface area contributed by atoms with Gasteiger partial charge in [0.1, 0.15) is 0 Å². The Kier molecular flexibility index (Phi) is 9.21. The van der Waals surface area contributed by atoms with E-state index in [1.807, 2.05) is 48.5 Å². The first kappa shape index (κ1) is 36.0. The predicted octanol–water partition coefficient (Wildman–Crippen LogP) is 11.6. The van der Waals surface area contributed by atoms with Crippen LogP contribution in [-0.4, -0.2) is 32.2 Å². The van der Waals surface area contributed by atoms with E-state index in [-0.39, 0.29) is 0 Å². The first-order chi connectivity index (χ1) is 30.2. The Morgan fingerprint density at radius 3 is 1.20 bits per heavy atom. The standard InChI is InChI=1S/C55H35BN5/c1-5-15-36(16-6-1)38-27-31-42(32-28-38)52-57-50(40-19-9-3-10-20-40)49-51(58-52)48-46(25-14-26-47(48)56-49)44-23-13-24-45(35-44)55-60-53(41-21-11-4-12-22-41)59-54(61-55)43-33-29-39(30-34-43)37-17-7-2-8-18-37/h1-35H. The van der Waals surface area contributed by atoms with E-state index in [0.717, 1.165) is 83.5 Å². The van der Waals surface area contributed by atoms with Gasteiger partial charge in [-0.3, -0.25) is 0 Å². The average molecular weight is 777 g/mol. The van der Waals surface area contributed by atoms with Gasteiger partial charge in [0.2, 0.25) is 0 Å². The molecule has 0 spiro atoms. The van der Waals surface area contributed by atoms with Gasteiger partial charge in [-0.15, -0.1) is 0 Å². The summed E-state index contributed by atoms with van der Waals surface area (Å²) in [5, 5.41) is 0. The molecule has 0 N–H and O–H groups in total. The zero-order chi connectivity index (χ0) is 40.5. The van der Waals surface area contributed by atoms with E-state index in [1.165, 1.54) is 5.56 Å². The lowest BCUT2D eigenvalue weighted by molar-refractivity contribution is 1.07. The van der Waals surface area contributed by atoms with Crippen molar-refractivity contribution in [3.63, 3.8) is 0 Å². The lowest BCUT2D eigenvalue weighted by Gasteiger charge is -2.14. The summed E-state index contributed by atoms with van der Waals surface area (Å²) in [6.07, 6.45) is 0. The van der Waals surface area contributed by atoms with E-state index in [4.69, 9.17) is 24.9 Å². The van der Waals surface area contributed by atoms with Crippen LogP contribution in [0.15, 0.2) is 212 Å². The van der Waals surface area contributed by atoms with Gasteiger partial charge in [0.15, 0.2) is 30.6 Å². The molecule has 6 heteroatoms. The van der Waals surface area contributed by atoms with E-state index in [0.29, 0.717) is 23.3 Å². The van der Waals surface area contributed by atoms with Crippen molar-refractivity contribution in [3.05, 3.63) is 212 Å². The van der Waals surface area contributed by atoms with Gasteiger partial charge >= 0.3 is 0 Å². The Balaban J connectivity index is 1.02. The van der Waals surface area contributed by atoms with E-state index < -0.39 is 0 Å². The van der Waals surface area contributed by atoms with Crippen LogP contribution in [0.1, 0.15) is 0 Å². The molecule has 2 aromatic heterocycles. The first-order valence-electron chi connectivity index (χ1n) is 20.4. The lowest BCUT2D eigenvalue weighted by atomic mass is 9.66. The molecule has 5 nitrogen and oxygen atoms in total. The van der Waals surface area contributed by atoms with E-state index in [1.54, 1.807) is 0 Å². The van der Waals surface area contributed by atoms with Gasteiger partial charge < -0.3 is 0 Å². The van der Waals surface area contributed by atoms with Crippen molar-refractivity contribution < 1.29 is 0 Å². The second-order valence-corrected chi connectivity index (χ2v) is 15.1. The van der Waals surface area contributed by atoms with Crippen LogP contribution in [0.25, 0.3) is 101 Å². The van der Waals surface area contributed by atoms with Crippen molar-refractivity contribution >= 4 is 18.2 Å². The number of benzene rings is 8. The molecule has 0 aliphatic carbocycles. The molecule has 1 aliphatic rings. The second-order valence-electron chi connectivity index (χ2n) is 15.1. The average Bonchev–Trinajstić information content (AvgIpc) is 3.74. The molecule has 10 aromatic rings. The topological polar surface area (TPSA) is 64.5 Å². The van der Waals surface area contributed by atoms with Crippen LogP contribution in [0.2, 0.25) is 0 Å². The molecule has 11 rings (SSSR count). The molecular weight excluding hydrogens is 741 g/mol. The Hall–Kier alpha value is -8.09. The smallest absolute Gasteiger partial charge is 0.198 e. The van der Waals surface area contributed by atoms with E-state index in [2.05, 4.69) is 171 Å². The zero-order valence-corrected chi connectivity index (χ0v) is 33.0. The highest BCUT2D eigenvalue weighted by atomic mass is 15.0. The molecular formula is C55H35BN5. The maximum atomic E-state index is 5.36. The summed E-state index contributed by atoms with van der Waals surface area (Å²) in [6, 6.07) is 73.3. The molecule has 0 bridgehead atoms. The van der Waals surface area contributed by atoms with Crippen molar-refractivity contribution in [2.24, 2.45) is 0 Å². The van der Waals surface area contributed by atoms with Gasteiger partial charge in [-0.1, -0.05) is 212 Å². The van der Waals surface area contributed by atoms with Crippen molar-refractivity contribution in [2.45, 2.75) is 0 Å². The van der Waals surface area contributed by atoms with E-state index in [9.17, 15) is 0 Å². The molecule has 0 amide bonds. The molecule has 283 valence electrons. The summed E-state index contributed by atoms with van der Waals surface area (Å²) >= 11 is 0. The van der Waals surface area contributed by atoms with Gasteiger partial charge in [0.25, 0.3) is 0 Å². The Morgan fingerprint density at radius 1 is 0.262 bits per heavy atom. The molecule has 61 heavy (non-hydrogen) atoms. The minimum absolute atomic E-state index is 0.604. The van der Waals surface area contributed by atoms with Crippen LogP contribution in [-0.2, 0) is 0 Å². The summed E-state index contributed by atoms with van der Waals surface area (Å²) in [7, 11) is 2.23. The third-order valence-electron chi connectivity index (χ3n) is 11.2. The number of hydrogen-bond acceptors (Lipinski definition) is 5. The lowest BCUT2D eigenvalue weighted by Crippen LogP contribution is -2.24. The molecule has 0 atom stereocenters. The van der Waals surface area contributed by atoms with Gasteiger partial charge in [0, 0.05) is 27.8 Å². The highest BCUT2D eigenvalue weighted by Gasteiger charge is 2.29. The van der Waals surface area contributed by atoms with Crippen LogP contribution in [0.3, 0.4) is 0 Å². The third kappa shape index (κ3) is 7.00. The Morgan fingerprint density at radius 2 is 0.639 bits per heavy atom. The largest absolute Gasteiger partial charge is 0.229 e. The first-order valence-corrected chi connectivity index (χ1v) is 20.4. The predicted molar refractivity (Wildman–Crippen MR) is 249 cm³/mol. The van der Waals surface area contributed by atoms with Gasteiger partial charge in [0.05, 0.1) is 11.4 Å². The fraction of sp³-hybridized carbons (Fsp3) is 0. The molecule has 0 fully saturated rings. The molecule has 0 saturated carbocycles. The van der Waals surface area contributed by atoms with Crippen molar-refractivity contribution in [2.75, 3.05) is 0 Å². The van der Waals surface area contributed by atoms with Gasteiger partial charge in [-0.25, -0.2) is 24.9 Å². The van der Waals surface area contributed by atoms with Crippen LogP contribution < -0.4 is 10.9 Å². The normalized spacial score (nSPS) is 11.4. The van der Waals surface area contributed by atoms with Crippen LogP contribution in [0.5, 0.6) is 0 Å².